The highest BCUT2D eigenvalue weighted by atomic mass is 16.4. The maximum Gasteiger partial charge on any atom is 0.345 e. The first-order valence-corrected chi connectivity index (χ1v) is 4.36. The fraction of sp³-hybridized carbons (Fsp3) is 0.444. The van der Waals surface area contributed by atoms with Crippen molar-refractivity contribution in [2.75, 3.05) is 0 Å². The fourth-order valence-corrected chi connectivity index (χ4v) is 1.19. The van der Waals surface area contributed by atoms with Gasteiger partial charge in [0.1, 0.15) is 0 Å². The molecule has 0 unspecified atom stereocenters. The van der Waals surface area contributed by atoms with Gasteiger partial charge in [-0.25, -0.2) is 4.79 Å². The van der Waals surface area contributed by atoms with E-state index < -0.39 is 5.97 Å². The number of aromatic nitrogens is 2. The second-order valence-electron chi connectivity index (χ2n) is 3.11. The van der Waals surface area contributed by atoms with E-state index in [4.69, 9.17) is 5.11 Å². The molecule has 1 aromatic heterocycles. The molecule has 1 aromatic rings. The van der Waals surface area contributed by atoms with Gasteiger partial charge in [-0.3, -0.25) is 4.79 Å². The van der Waals surface area contributed by atoms with E-state index in [0.717, 1.165) is 5.69 Å². The minimum Gasteiger partial charge on any atom is -0.481 e. The molecule has 0 amide bonds. The molecule has 0 aliphatic rings. The van der Waals surface area contributed by atoms with Crippen molar-refractivity contribution in [1.82, 2.24) is 9.97 Å². The number of H-pyrrole nitrogens is 1. The number of aromatic amines is 1. The van der Waals surface area contributed by atoms with Crippen LogP contribution in [0.1, 0.15) is 24.2 Å². The molecular weight excluding hydrogens is 184 g/mol. The summed E-state index contributed by atoms with van der Waals surface area (Å²) >= 11 is 0. The lowest BCUT2D eigenvalue weighted by molar-refractivity contribution is -0.137. The zero-order valence-corrected chi connectivity index (χ0v) is 7.91. The number of hydrogen-bond acceptors (Lipinski definition) is 3. The third-order valence-corrected chi connectivity index (χ3v) is 1.76. The van der Waals surface area contributed by atoms with Crippen LogP contribution < -0.4 is 5.69 Å². The molecule has 0 aromatic carbocycles. The molecule has 0 radical (unpaired) electrons. The number of rotatable bonds is 4. The molecule has 0 saturated carbocycles. The second-order valence-corrected chi connectivity index (χ2v) is 3.11. The molecule has 0 saturated heterocycles. The van der Waals surface area contributed by atoms with Crippen LogP contribution in [0.4, 0.5) is 0 Å². The molecule has 14 heavy (non-hydrogen) atoms. The molecular formula is C9H12N2O3. The van der Waals surface area contributed by atoms with Crippen molar-refractivity contribution in [3.63, 3.8) is 0 Å². The van der Waals surface area contributed by atoms with E-state index in [1.54, 1.807) is 13.0 Å². The molecule has 5 heteroatoms. The van der Waals surface area contributed by atoms with Gasteiger partial charge in [0.25, 0.3) is 0 Å². The van der Waals surface area contributed by atoms with Crippen LogP contribution in [0.3, 0.4) is 0 Å². The summed E-state index contributed by atoms with van der Waals surface area (Å²) in [7, 11) is 0. The molecule has 5 nitrogen and oxygen atoms in total. The van der Waals surface area contributed by atoms with Crippen molar-refractivity contribution < 1.29 is 9.90 Å². The van der Waals surface area contributed by atoms with Gasteiger partial charge in [0.15, 0.2) is 0 Å². The Hall–Kier alpha value is -1.65. The van der Waals surface area contributed by atoms with Crippen molar-refractivity contribution >= 4 is 5.97 Å². The lowest BCUT2D eigenvalue weighted by Gasteiger charge is -1.99. The number of carboxylic acids is 1. The number of aliphatic carboxylic acids is 1. The monoisotopic (exact) mass is 196 g/mol. The summed E-state index contributed by atoms with van der Waals surface area (Å²) in [6.45, 7) is 1.77. The second kappa shape index (κ2) is 4.55. The number of carbonyl (C=O) groups is 1. The number of nitrogens with zero attached hydrogens (tertiary/aromatic N) is 1. The number of hydrogen-bond donors (Lipinski definition) is 2. The van der Waals surface area contributed by atoms with Crippen molar-refractivity contribution in [3.8, 4) is 0 Å². The smallest absolute Gasteiger partial charge is 0.345 e. The Bertz CT molecular complexity index is 384. The average Bonchev–Trinajstić information content (AvgIpc) is 2.01. The van der Waals surface area contributed by atoms with Crippen molar-refractivity contribution in [3.05, 3.63) is 27.9 Å². The molecule has 1 heterocycles. The molecule has 0 bridgehead atoms. The zero-order valence-electron chi connectivity index (χ0n) is 7.91. The van der Waals surface area contributed by atoms with Crippen LogP contribution in [0.5, 0.6) is 0 Å². The largest absolute Gasteiger partial charge is 0.481 e. The first-order valence-electron chi connectivity index (χ1n) is 4.36. The Morgan fingerprint density at radius 1 is 1.64 bits per heavy atom. The molecule has 0 aliphatic carbocycles. The van der Waals surface area contributed by atoms with Crippen LogP contribution >= 0.6 is 0 Å². The maximum atomic E-state index is 10.9. The number of aryl methyl sites for hydroxylation is 2. The van der Waals surface area contributed by atoms with E-state index in [0.29, 0.717) is 18.5 Å². The van der Waals surface area contributed by atoms with Gasteiger partial charge in [-0.2, -0.15) is 4.98 Å². The SMILES string of the molecule is Cc1cc(CCCC(=O)O)nc(=O)[nH]1. The Labute approximate surface area is 80.8 Å². The van der Waals surface area contributed by atoms with Gasteiger partial charge >= 0.3 is 11.7 Å². The minimum atomic E-state index is -0.827. The van der Waals surface area contributed by atoms with Crippen LogP contribution in [0.15, 0.2) is 10.9 Å². The Morgan fingerprint density at radius 3 is 2.93 bits per heavy atom. The summed E-state index contributed by atoms with van der Waals surface area (Å²) in [5.74, 6) is -0.827. The highest BCUT2D eigenvalue weighted by Crippen LogP contribution is 2.01. The Kier molecular flexibility index (Phi) is 3.39. The van der Waals surface area contributed by atoms with E-state index in [1.165, 1.54) is 0 Å². The highest BCUT2D eigenvalue weighted by molar-refractivity contribution is 5.66. The van der Waals surface area contributed by atoms with Gasteiger partial charge < -0.3 is 10.1 Å². The first-order chi connectivity index (χ1) is 6.58. The van der Waals surface area contributed by atoms with Gasteiger partial charge in [-0.05, 0) is 25.8 Å². The van der Waals surface area contributed by atoms with Gasteiger partial charge in [0.05, 0.1) is 0 Å². The van der Waals surface area contributed by atoms with Crippen molar-refractivity contribution in [2.45, 2.75) is 26.2 Å². The topological polar surface area (TPSA) is 83.0 Å². The summed E-state index contributed by atoms with van der Waals surface area (Å²) < 4.78 is 0. The molecule has 2 N–H and O–H groups in total. The summed E-state index contributed by atoms with van der Waals surface area (Å²) in [6.07, 6.45) is 1.13. The molecule has 1 rings (SSSR count). The van der Waals surface area contributed by atoms with Crippen LogP contribution in [0, 0.1) is 6.92 Å². The summed E-state index contributed by atoms with van der Waals surface area (Å²) in [4.78, 5) is 27.4. The summed E-state index contributed by atoms with van der Waals surface area (Å²) in [5, 5.41) is 8.41. The van der Waals surface area contributed by atoms with Gasteiger partial charge in [0, 0.05) is 17.8 Å². The predicted molar refractivity (Wildman–Crippen MR) is 50.2 cm³/mol. The number of nitrogens with one attached hydrogen (secondary N) is 1. The average molecular weight is 196 g/mol. The number of carboxylic acid groups (broad SMARTS) is 1. The third kappa shape index (κ3) is 3.38. The summed E-state index contributed by atoms with van der Waals surface area (Å²) in [5.41, 5.74) is 1.01. The van der Waals surface area contributed by atoms with Gasteiger partial charge in [-0.15, -0.1) is 0 Å². The first kappa shape index (κ1) is 10.4. The Balaban J connectivity index is 2.59. The fourth-order valence-electron chi connectivity index (χ4n) is 1.19. The van der Waals surface area contributed by atoms with Crippen LogP contribution in [-0.4, -0.2) is 21.0 Å². The lowest BCUT2D eigenvalue weighted by atomic mass is 10.2. The van der Waals surface area contributed by atoms with E-state index in [2.05, 4.69) is 9.97 Å². The predicted octanol–water partition coefficient (Wildman–Crippen LogP) is 0.486. The Morgan fingerprint density at radius 2 is 2.36 bits per heavy atom. The normalized spacial score (nSPS) is 10.1. The van der Waals surface area contributed by atoms with E-state index in [9.17, 15) is 9.59 Å². The lowest BCUT2D eigenvalue weighted by Crippen LogP contribution is -2.14. The van der Waals surface area contributed by atoms with Gasteiger partial charge in [-0.1, -0.05) is 0 Å². The van der Waals surface area contributed by atoms with E-state index >= 15 is 0 Å². The van der Waals surface area contributed by atoms with E-state index in [-0.39, 0.29) is 12.1 Å². The quantitative estimate of drug-likeness (QED) is 0.733. The standard InChI is InChI=1S/C9H12N2O3/c1-6-5-7(11-9(14)10-6)3-2-4-8(12)13/h5H,2-4H2,1H3,(H,12,13)(H,10,11,14). The van der Waals surface area contributed by atoms with Gasteiger partial charge in [0.2, 0.25) is 0 Å². The minimum absolute atomic E-state index is 0.105. The third-order valence-electron chi connectivity index (χ3n) is 1.76. The highest BCUT2D eigenvalue weighted by Gasteiger charge is 2.00. The molecule has 0 atom stereocenters. The molecule has 76 valence electrons. The maximum absolute atomic E-state index is 10.9. The summed E-state index contributed by atoms with van der Waals surface area (Å²) in [6, 6.07) is 1.75. The van der Waals surface area contributed by atoms with E-state index in [1.807, 2.05) is 0 Å². The van der Waals surface area contributed by atoms with Crippen LogP contribution in [0.2, 0.25) is 0 Å². The molecule has 0 fully saturated rings. The van der Waals surface area contributed by atoms with Crippen LogP contribution in [-0.2, 0) is 11.2 Å². The zero-order chi connectivity index (χ0) is 10.6. The van der Waals surface area contributed by atoms with Crippen molar-refractivity contribution in [2.24, 2.45) is 0 Å². The van der Waals surface area contributed by atoms with Crippen LogP contribution in [0.25, 0.3) is 0 Å². The van der Waals surface area contributed by atoms with Crippen molar-refractivity contribution in [1.29, 1.82) is 0 Å². The molecule has 0 spiro atoms. The molecule has 0 aliphatic heterocycles.